The highest BCUT2D eigenvalue weighted by Crippen LogP contribution is 2.20. The molecule has 0 bridgehead atoms. The van der Waals surface area contributed by atoms with Crippen LogP contribution in [0.4, 0.5) is 0 Å². The second kappa shape index (κ2) is 7.02. The van der Waals surface area contributed by atoms with Gasteiger partial charge in [0.2, 0.25) is 0 Å². The Bertz CT molecular complexity index is 187. The van der Waals surface area contributed by atoms with Crippen LogP contribution in [0.15, 0.2) is 12.2 Å². The van der Waals surface area contributed by atoms with Gasteiger partial charge in [0.25, 0.3) is 0 Å². The Morgan fingerprint density at radius 3 is 2.40 bits per heavy atom. The molecule has 0 aliphatic carbocycles. The van der Waals surface area contributed by atoms with Gasteiger partial charge < -0.3 is 10.1 Å². The highest BCUT2D eigenvalue weighted by molar-refractivity contribution is 5.01. The van der Waals surface area contributed by atoms with Crippen LogP contribution in [0.1, 0.15) is 47.0 Å². The SMILES string of the molecule is C=C(CC)CC(NCCC)C(C)(C)OC. The second-order valence-corrected chi connectivity index (χ2v) is 4.62. The van der Waals surface area contributed by atoms with Gasteiger partial charge in [-0.25, -0.2) is 0 Å². The third-order valence-electron chi connectivity index (χ3n) is 3.00. The number of ether oxygens (including phenoxy) is 1. The molecular weight excluding hydrogens is 186 g/mol. The molecule has 0 spiro atoms. The summed E-state index contributed by atoms with van der Waals surface area (Å²) in [7, 11) is 1.77. The van der Waals surface area contributed by atoms with Crippen LogP contribution in [0.5, 0.6) is 0 Å². The van der Waals surface area contributed by atoms with Gasteiger partial charge in [0.05, 0.1) is 5.60 Å². The van der Waals surface area contributed by atoms with Gasteiger partial charge in [0.1, 0.15) is 0 Å². The van der Waals surface area contributed by atoms with Crippen LogP contribution in [-0.2, 0) is 4.74 Å². The third-order valence-corrected chi connectivity index (χ3v) is 3.00. The van der Waals surface area contributed by atoms with Crippen molar-refractivity contribution in [3.63, 3.8) is 0 Å². The first-order valence-electron chi connectivity index (χ1n) is 5.93. The largest absolute Gasteiger partial charge is 0.377 e. The maximum Gasteiger partial charge on any atom is 0.0778 e. The molecule has 90 valence electrons. The molecular formula is C13H27NO. The maximum absolute atomic E-state index is 5.54. The summed E-state index contributed by atoms with van der Waals surface area (Å²) < 4.78 is 5.54. The lowest BCUT2D eigenvalue weighted by Crippen LogP contribution is -2.48. The van der Waals surface area contributed by atoms with Crippen molar-refractivity contribution in [3.8, 4) is 0 Å². The summed E-state index contributed by atoms with van der Waals surface area (Å²) >= 11 is 0. The van der Waals surface area contributed by atoms with Crippen molar-refractivity contribution in [2.75, 3.05) is 13.7 Å². The first-order chi connectivity index (χ1) is 6.97. The van der Waals surface area contributed by atoms with Crippen LogP contribution in [0, 0.1) is 0 Å². The van der Waals surface area contributed by atoms with E-state index in [1.807, 2.05) is 0 Å². The van der Waals surface area contributed by atoms with E-state index in [0.29, 0.717) is 6.04 Å². The number of methoxy groups -OCH3 is 1. The molecule has 2 heteroatoms. The zero-order valence-corrected chi connectivity index (χ0v) is 11.0. The average molecular weight is 213 g/mol. The number of hydrogen-bond donors (Lipinski definition) is 1. The monoisotopic (exact) mass is 213 g/mol. The first-order valence-corrected chi connectivity index (χ1v) is 5.93. The van der Waals surface area contributed by atoms with Gasteiger partial charge in [-0.1, -0.05) is 26.0 Å². The van der Waals surface area contributed by atoms with Crippen molar-refractivity contribution in [1.82, 2.24) is 5.32 Å². The fraction of sp³-hybridized carbons (Fsp3) is 0.846. The molecule has 2 nitrogen and oxygen atoms in total. The molecule has 0 saturated carbocycles. The fourth-order valence-electron chi connectivity index (χ4n) is 1.46. The molecule has 0 aliphatic heterocycles. The van der Waals surface area contributed by atoms with Crippen molar-refractivity contribution in [3.05, 3.63) is 12.2 Å². The van der Waals surface area contributed by atoms with E-state index in [1.54, 1.807) is 7.11 Å². The molecule has 15 heavy (non-hydrogen) atoms. The molecule has 0 aromatic heterocycles. The van der Waals surface area contributed by atoms with Gasteiger partial charge in [0.15, 0.2) is 0 Å². The minimum Gasteiger partial charge on any atom is -0.377 e. The average Bonchev–Trinajstić information content (AvgIpc) is 2.23. The lowest BCUT2D eigenvalue weighted by atomic mass is 9.91. The molecule has 1 atom stereocenters. The topological polar surface area (TPSA) is 21.3 Å². The minimum absolute atomic E-state index is 0.132. The predicted molar refractivity (Wildman–Crippen MR) is 67.2 cm³/mol. The Hall–Kier alpha value is -0.340. The van der Waals surface area contributed by atoms with E-state index in [1.165, 1.54) is 5.57 Å². The lowest BCUT2D eigenvalue weighted by molar-refractivity contribution is -0.0101. The quantitative estimate of drug-likeness (QED) is 0.625. The second-order valence-electron chi connectivity index (χ2n) is 4.62. The summed E-state index contributed by atoms with van der Waals surface area (Å²) in [5, 5.41) is 3.54. The van der Waals surface area contributed by atoms with Gasteiger partial charge >= 0.3 is 0 Å². The van der Waals surface area contributed by atoms with Gasteiger partial charge in [-0.05, 0) is 39.7 Å². The molecule has 0 aromatic carbocycles. The van der Waals surface area contributed by atoms with Gasteiger partial charge in [0, 0.05) is 13.2 Å². The van der Waals surface area contributed by atoms with E-state index < -0.39 is 0 Å². The van der Waals surface area contributed by atoms with E-state index in [0.717, 1.165) is 25.8 Å². The van der Waals surface area contributed by atoms with Crippen LogP contribution in [0.25, 0.3) is 0 Å². The van der Waals surface area contributed by atoms with E-state index in [2.05, 4.69) is 39.6 Å². The van der Waals surface area contributed by atoms with Crippen LogP contribution in [0.2, 0.25) is 0 Å². The minimum atomic E-state index is -0.132. The maximum atomic E-state index is 5.54. The van der Waals surface area contributed by atoms with Crippen LogP contribution >= 0.6 is 0 Å². The molecule has 0 amide bonds. The normalized spacial score (nSPS) is 13.9. The Labute approximate surface area is 95.1 Å². The molecule has 0 rings (SSSR count). The van der Waals surface area contributed by atoms with Crippen LogP contribution in [-0.4, -0.2) is 25.3 Å². The number of hydrogen-bond acceptors (Lipinski definition) is 2. The highest BCUT2D eigenvalue weighted by atomic mass is 16.5. The number of nitrogens with one attached hydrogen (secondary N) is 1. The molecule has 0 heterocycles. The van der Waals surface area contributed by atoms with Crippen LogP contribution < -0.4 is 5.32 Å². The van der Waals surface area contributed by atoms with Crippen LogP contribution in [0.3, 0.4) is 0 Å². The smallest absolute Gasteiger partial charge is 0.0778 e. The first kappa shape index (κ1) is 14.7. The van der Waals surface area contributed by atoms with Gasteiger partial charge in [-0.3, -0.25) is 0 Å². The molecule has 1 unspecified atom stereocenters. The van der Waals surface area contributed by atoms with E-state index in [4.69, 9.17) is 4.74 Å². The lowest BCUT2D eigenvalue weighted by Gasteiger charge is -2.34. The Morgan fingerprint density at radius 1 is 1.40 bits per heavy atom. The van der Waals surface area contributed by atoms with Crippen molar-refractivity contribution in [2.24, 2.45) is 0 Å². The summed E-state index contributed by atoms with van der Waals surface area (Å²) in [5.41, 5.74) is 1.15. The van der Waals surface area contributed by atoms with E-state index in [-0.39, 0.29) is 5.60 Å². The van der Waals surface area contributed by atoms with E-state index >= 15 is 0 Å². The molecule has 0 aromatic rings. The summed E-state index contributed by atoms with van der Waals surface area (Å²) in [5.74, 6) is 0. The molecule has 1 N–H and O–H groups in total. The molecule has 0 radical (unpaired) electrons. The van der Waals surface area contributed by atoms with E-state index in [9.17, 15) is 0 Å². The summed E-state index contributed by atoms with van der Waals surface area (Å²) in [6, 6.07) is 0.356. The van der Waals surface area contributed by atoms with Crippen molar-refractivity contribution < 1.29 is 4.74 Å². The Morgan fingerprint density at radius 2 is 2.00 bits per heavy atom. The predicted octanol–water partition coefficient (Wildman–Crippen LogP) is 3.14. The van der Waals surface area contributed by atoms with Crippen molar-refractivity contribution >= 4 is 0 Å². The van der Waals surface area contributed by atoms with Crippen molar-refractivity contribution in [1.29, 1.82) is 0 Å². The highest BCUT2D eigenvalue weighted by Gasteiger charge is 2.28. The summed E-state index contributed by atoms with van der Waals surface area (Å²) in [6.07, 6.45) is 3.19. The standard InChI is InChI=1S/C13H27NO/c1-7-9-14-12(10-11(3)8-2)13(4,5)15-6/h12,14H,3,7-10H2,1-2,4-6H3. The van der Waals surface area contributed by atoms with Gasteiger partial charge in [-0.2, -0.15) is 0 Å². The van der Waals surface area contributed by atoms with Gasteiger partial charge in [-0.15, -0.1) is 0 Å². The van der Waals surface area contributed by atoms with Crippen molar-refractivity contribution in [2.45, 2.75) is 58.6 Å². The number of rotatable bonds is 8. The summed E-state index contributed by atoms with van der Waals surface area (Å²) in [6.45, 7) is 13.7. The molecule has 0 saturated heterocycles. The zero-order valence-electron chi connectivity index (χ0n) is 11.0. The Kier molecular flexibility index (Phi) is 6.86. The third kappa shape index (κ3) is 5.33. The fourth-order valence-corrected chi connectivity index (χ4v) is 1.46. The molecule has 0 aliphatic rings. The molecule has 0 fully saturated rings. The summed E-state index contributed by atoms with van der Waals surface area (Å²) in [4.78, 5) is 0. The zero-order chi connectivity index (χ0) is 11.9. The Balaban J connectivity index is 4.36.